The third-order valence-electron chi connectivity index (χ3n) is 4.08. The number of fused-ring (bicyclic) bond motifs is 1. The first kappa shape index (κ1) is 13.2. The first-order chi connectivity index (χ1) is 9.85. The molecule has 20 heavy (non-hydrogen) atoms. The molecule has 1 atom stereocenters. The molecule has 2 nitrogen and oxygen atoms in total. The molecular formula is C18H21NO. The van der Waals surface area contributed by atoms with Crippen LogP contribution >= 0.6 is 0 Å². The SMILES string of the molecule is COc1ccc2c(c1)CCC(NCc1ccccc1)C2. The van der Waals surface area contributed by atoms with Gasteiger partial charge in [0.1, 0.15) is 5.75 Å². The molecule has 2 heteroatoms. The maximum absolute atomic E-state index is 5.30. The Morgan fingerprint density at radius 2 is 1.95 bits per heavy atom. The predicted molar refractivity (Wildman–Crippen MR) is 82.1 cm³/mol. The summed E-state index contributed by atoms with van der Waals surface area (Å²) < 4.78 is 5.30. The van der Waals surface area contributed by atoms with Crippen LogP contribution in [0.3, 0.4) is 0 Å². The van der Waals surface area contributed by atoms with E-state index in [2.05, 4.69) is 53.8 Å². The Kier molecular flexibility index (Phi) is 4.03. The van der Waals surface area contributed by atoms with Crippen LogP contribution < -0.4 is 10.1 Å². The maximum Gasteiger partial charge on any atom is 0.119 e. The van der Waals surface area contributed by atoms with Crippen LogP contribution in [-0.2, 0) is 19.4 Å². The lowest BCUT2D eigenvalue weighted by Gasteiger charge is -2.26. The monoisotopic (exact) mass is 267 g/mol. The Bertz CT molecular complexity index is 565. The number of methoxy groups -OCH3 is 1. The van der Waals surface area contributed by atoms with Crippen LogP contribution in [0.5, 0.6) is 5.75 Å². The van der Waals surface area contributed by atoms with E-state index in [9.17, 15) is 0 Å². The second-order valence-corrected chi connectivity index (χ2v) is 5.44. The molecule has 1 N–H and O–H groups in total. The predicted octanol–water partition coefficient (Wildman–Crippen LogP) is 3.34. The molecule has 0 spiro atoms. The highest BCUT2D eigenvalue weighted by Gasteiger charge is 2.18. The van der Waals surface area contributed by atoms with E-state index in [0.29, 0.717) is 6.04 Å². The topological polar surface area (TPSA) is 21.3 Å². The lowest BCUT2D eigenvalue weighted by molar-refractivity contribution is 0.411. The van der Waals surface area contributed by atoms with Crippen molar-refractivity contribution in [3.8, 4) is 5.75 Å². The zero-order valence-corrected chi connectivity index (χ0v) is 11.9. The summed E-state index contributed by atoms with van der Waals surface area (Å²) in [6.07, 6.45) is 3.46. The molecule has 0 fully saturated rings. The van der Waals surface area contributed by atoms with Crippen LogP contribution in [0.4, 0.5) is 0 Å². The number of benzene rings is 2. The second-order valence-electron chi connectivity index (χ2n) is 5.44. The van der Waals surface area contributed by atoms with Crippen molar-refractivity contribution in [1.82, 2.24) is 5.32 Å². The summed E-state index contributed by atoms with van der Waals surface area (Å²) in [4.78, 5) is 0. The summed E-state index contributed by atoms with van der Waals surface area (Å²) in [7, 11) is 1.73. The molecule has 0 radical (unpaired) electrons. The van der Waals surface area contributed by atoms with Crippen molar-refractivity contribution < 1.29 is 4.74 Å². The quantitative estimate of drug-likeness (QED) is 0.917. The second kappa shape index (κ2) is 6.10. The van der Waals surface area contributed by atoms with Crippen LogP contribution in [0.2, 0.25) is 0 Å². The summed E-state index contributed by atoms with van der Waals surface area (Å²) in [5.74, 6) is 0.972. The lowest BCUT2D eigenvalue weighted by atomic mass is 9.88. The lowest BCUT2D eigenvalue weighted by Crippen LogP contribution is -2.34. The van der Waals surface area contributed by atoms with E-state index < -0.39 is 0 Å². The highest BCUT2D eigenvalue weighted by molar-refractivity contribution is 5.37. The number of nitrogens with one attached hydrogen (secondary N) is 1. The Morgan fingerprint density at radius 1 is 1.10 bits per heavy atom. The van der Waals surface area contributed by atoms with Crippen molar-refractivity contribution in [3.05, 3.63) is 65.2 Å². The van der Waals surface area contributed by atoms with Crippen LogP contribution in [0.25, 0.3) is 0 Å². The average molecular weight is 267 g/mol. The van der Waals surface area contributed by atoms with Crippen molar-refractivity contribution in [2.24, 2.45) is 0 Å². The minimum atomic E-state index is 0.580. The van der Waals surface area contributed by atoms with Gasteiger partial charge in [-0.3, -0.25) is 0 Å². The first-order valence-corrected chi connectivity index (χ1v) is 7.28. The molecule has 0 aliphatic heterocycles. The minimum absolute atomic E-state index is 0.580. The number of hydrogen-bond acceptors (Lipinski definition) is 2. The molecule has 1 aliphatic carbocycles. The van der Waals surface area contributed by atoms with Crippen molar-refractivity contribution >= 4 is 0 Å². The normalized spacial score (nSPS) is 17.6. The molecule has 0 bridgehead atoms. The van der Waals surface area contributed by atoms with E-state index in [0.717, 1.165) is 25.1 Å². The van der Waals surface area contributed by atoms with Crippen molar-refractivity contribution in [3.63, 3.8) is 0 Å². The van der Waals surface area contributed by atoms with E-state index in [4.69, 9.17) is 4.74 Å². The van der Waals surface area contributed by atoms with Gasteiger partial charge in [0.2, 0.25) is 0 Å². The number of ether oxygens (including phenoxy) is 1. The summed E-state index contributed by atoms with van der Waals surface area (Å²) in [5.41, 5.74) is 4.26. The molecule has 0 heterocycles. The van der Waals surface area contributed by atoms with Gasteiger partial charge in [0, 0.05) is 12.6 Å². The molecule has 0 saturated heterocycles. The fourth-order valence-corrected chi connectivity index (χ4v) is 2.89. The van der Waals surface area contributed by atoms with Crippen LogP contribution in [0, 0.1) is 0 Å². The molecule has 2 aromatic rings. The Hall–Kier alpha value is -1.80. The summed E-state index contributed by atoms with van der Waals surface area (Å²) >= 11 is 0. The van der Waals surface area contributed by atoms with Gasteiger partial charge < -0.3 is 10.1 Å². The molecule has 2 aromatic carbocycles. The third kappa shape index (κ3) is 3.02. The van der Waals surface area contributed by atoms with Gasteiger partial charge in [0.25, 0.3) is 0 Å². The Balaban J connectivity index is 1.61. The van der Waals surface area contributed by atoms with Crippen LogP contribution in [0.1, 0.15) is 23.1 Å². The molecule has 1 unspecified atom stereocenters. The van der Waals surface area contributed by atoms with Gasteiger partial charge in [-0.15, -0.1) is 0 Å². The smallest absolute Gasteiger partial charge is 0.119 e. The fraction of sp³-hybridized carbons (Fsp3) is 0.333. The summed E-state index contributed by atoms with van der Waals surface area (Å²) in [6, 6.07) is 17.7. The van der Waals surface area contributed by atoms with Crippen molar-refractivity contribution in [2.75, 3.05) is 7.11 Å². The number of hydrogen-bond donors (Lipinski definition) is 1. The molecule has 1 aliphatic rings. The van der Waals surface area contributed by atoms with E-state index >= 15 is 0 Å². The maximum atomic E-state index is 5.30. The zero-order chi connectivity index (χ0) is 13.8. The van der Waals surface area contributed by atoms with E-state index in [-0.39, 0.29) is 0 Å². The van der Waals surface area contributed by atoms with E-state index in [1.54, 1.807) is 7.11 Å². The molecular weight excluding hydrogens is 246 g/mol. The number of aryl methyl sites for hydroxylation is 1. The zero-order valence-electron chi connectivity index (χ0n) is 11.9. The minimum Gasteiger partial charge on any atom is -0.497 e. The van der Waals surface area contributed by atoms with E-state index in [1.165, 1.54) is 23.1 Å². The van der Waals surface area contributed by atoms with Gasteiger partial charge in [-0.05, 0) is 48.1 Å². The van der Waals surface area contributed by atoms with Gasteiger partial charge in [0.05, 0.1) is 7.11 Å². The molecule has 0 aromatic heterocycles. The van der Waals surface area contributed by atoms with Crippen LogP contribution in [-0.4, -0.2) is 13.2 Å². The van der Waals surface area contributed by atoms with Crippen molar-refractivity contribution in [1.29, 1.82) is 0 Å². The summed E-state index contributed by atoms with van der Waals surface area (Å²) in [6.45, 7) is 0.955. The summed E-state index contributed by atoms with van der Waals surface area (Å²) in [5, 5.41) is 3.68. The molecule has 3 rings (SSSR count). The van der Waals surface area contributed by atoms with E-state index in [1.807, 2.05) is 0 Å². The van der Waals surface area contributed by atoms with Gasteiger partial charge in [-0.1, -0.05) is 36.4 Å². The molecule has 0 amide bonds. The van der Waals surface area contributed by atoms with Gasteiger partial charge in [-0.2, -0.15) is 0 Å². The van der Waals surface area contributed by atoms with Crippen LogP contribution in [0.15, 0.2) is 48.5 Å². The molecule has 0 saturated carbocycles. The Morgan fingerprint density at radius 3 is 2.75 bits per heavy atom. The average Bonchev–Trinajstić information content (AvgIpc) is 2.53. The third-order valence-corrected chi connectivity index (χ3v) is 4.08. The first-order valence-electron chi connectivity index (χ1n) is 7.28. The Labute approximate surface area is 120 Å². The highest BCUT2D eigenvalue weighted by Crippen LogP contribution is 2.25. The van der Waals surface area contributed by atoms with Crippen molar-refractivity contribution in [2.45, 2.75) is 31.8 Å². The number of rotatable bonds is 4. The largest absolute Gasteiger partial charge is 0.497 e. The van der Waals surface area contributed by atoms with Gasteiger partial charge in [-0.25, -0.2) is 0 Å². The highest BCUT2D eigenvalue weighted by atomic mass is 16.5. The fourth-order valence-electron chi connectivity index (χ4n) is 2.89. The molecule has 104 valence electrons. The van der Waals surface area contributed by atoms with Gasteiger partial charge >= 0.3 is 0 Å². The van der Waals surface area contributed by atoms with Gasteiger partial charge in [0.15, 0.2) is 0 Å². The standard InChI is InChI=1S/C18H21NO/c1-20-18-10-8-15-11-17(9-7-16(15)12-18)19-13-14-5-3-2-4-6-14/h2-6,8,10,12,17,19H,7,9,11,13H2,1H3.